The molecule has 0 radical (unpaired) electrons. The fourth-order valence-corrected chi connectivity index (χ4v) is 1.44. The summed E-state index contributed by atoms with van der Waals surface area (Å²) in [5.74, 6) is -1.92. The van der Waals surface area contributed by atoms with Crippen LogP contribution in [-0.2, 0) is 5.60 Å². The van der Waals surface area contributed by atoms with Crippen LogP contribution < -0.4 is 0 Å². The van der Waals surface area contributed by atoms with E-state index in [9.17, 15) is 13.9 Å². The van der Waals surface area contributed by atoms with Crippen molar-refractivity contribution in [3.8, 4) is 0 Å². The van der Waals surface area contributed by atoms with Crippen molar-refractivity contribution in [3.63, 3.8) is 0 Å². The molecule has 0 aliphatic heterocycles. The van der Waals surface area contributed by atoms with Gasteiger partial charge < -0.3 is 5.11 Å². The number of rotatable bonds is 4. The molecule has 0 aromatic heterocycles. The van der Waals surface area contributed by atoms with Crippen molar-refractivity contribution in [1.82, 2.24) is 0 Å². The highest BCUT2D eigenvalue weighted by atomic mass is 19.2. The molecule has 1 unspecified atom stereocenters. The number of halogens is 2. The van der Waals surface area contributed by atoms with Gasteiger partial charge in [0, 0.05) is 5.56 Å². The van der Waals surface area contributed by atoms with Gasteiger partial charge in [0.25, 0.3) is 0 Å². The quantitative estimate of drug-likeness (QED) is 0.760. The standard InChI is InChI=1S/C12H14F2O/c1-3-4-8-12(2,15)9-6-5-7-10(13)11(9)14/h3,5-7,15H,1,4,8H2,2H3. The second-order valence-electron chi connectivity index (χ2n) is 3.70. The van der Waals surface area contributed by atoms with Crippen LogP contribution in [0.15, 0.2) is 30.9 Å². The monoisotopic (exact) mass is 212 g/mol. The van der Waals surface area contributed by atoms with Gasteiger partial charge in [-0.2, -0.15) is 0 Å². The van der Waals surface area contributed by atoms with E-state index in [4.69, 9.17) is 0 Å². The Morgan fingerprint density at radius 1 is 1.47 bits per heavy atom. The highest BCUT2D eigenvalue weighted by molar-refractivity contribution is 5.24. The van der Waals surface area contributed by atoms with Crippen molar-refractivity contribution in [2.24, 2.45) is 0 Å². The molecule has 0 bridgehead atoms. The highest BCUT2D eigenvalue weighted by Gasteiger charge is 2.26. The zero-order chi connectivity index (χ0) is 11.5. The maximum Gasteiger partial charge on any atom is 0.164 e. The highest BCUT2D eigenvalue weighted by Crippen LogP contribution is 2.29. The largest absolute Gasteiger partial charge is 0.385 e. The van der Waals surface area contributed by atoms with Gasteiger partial charge in [0.15, 0.2) is 11.6 Å². The molecule has 0 saturated heterocycles. The third-order valence-corrected chi connectivity index (χ3v) is 2.37. The van der Waals surface area contributed by atoms with Crippen molar-refractivity contribution in [2.45, 2.75) is 25.4 Å². The maximum absolute atomic E-state index is 13.4. The lowest BCUT2D eigenvalue weighted by Crippen LogP contribution is -2.22. The molecule has 3 heteroatoms. The minimum atomic E-state index is -1.36. The third-order valence-electron chi connectivity index (χ3n) is 2.37. The SMILES string of the molecule is C=CCCC(C)(O)c1cccc(F)c1F. The molecule has 1 N–H and O–H groups in total. The van der Waals surface area contributed by atoms with Crippen LogP contribution >= 0.6 is 0 Å². The molecule has 1 nitrogen and oxygen atoms in total. The lowest BCUT2D eigenvalue weighted by molar-refractivity contribution is 0.0444. The fourth-order valence-electron chi connectivity index (χ4n) is 1.44. The van der Waals surface area contributed by atoms with Gasteiger partial charge in [-0.05, 0) is 25.8 Å². The summed E-state index contributed by atoms with van der Waals surface area (Å²) < 4.78 is 26.3. The molecule has 1 rings (SSSR count). The molecule has 0 aliphatic carbocycles. The van der Waals surface area contributed by atoms with E-state index in [1.807, 2.05) is 0 Å². The zero-order valence-electron chi connectivity index (χ0n) is 8.63. The Morgan fingerprint density at radius 2 is 2.13 bits per heavy atom. The van der Waals surface area contributed by atoms with Crippen LogP contribution in [0, 0.1) is 11.6 Å². The van der Waals surface area contributed by atoms with Gasteiger partial charge in [-0.1, -0.05) is 18.2 Å². The summed E-state index contributed by atoms with van der Waals surface area (Å²) in [7, 11) is 0. The van der Waals surface area contributed by atoms with E-state index in [0.717, 1.165) is 6.07 Å². The lowest BCUT2D eigenvalue weighted by atomic mass is 9.90. The molecular weight excluding hydrogens is 198 g/mol. The van der Waals surface area contributed by atoms with E-state index in [1.165, 1.54) is 19.1 Å². The first-order chi connectivity index (χ1) is 6.99. The van der Waals surface area contributed by atoms with Crippen molar-refractivity contribution < 1.29 is 13.9 Å². The molecule has 0 amide bonds. The third kappa shape index (κ3) is 2.63. The van der Waals surface area contributed by atoms with Crippen molar-refractivity contribution in [2.75, 3.05) is 0 Å². The van der Waals surface area contributed by atoms with Gasteiger partial charge in [-0.25, -0.2) is 8.78 Å². The Hall–Kier alpha value is -1.22. The Bertz CT molecular complexity index is 359. The Kier molecular flexibility index (Phi) is 3.58. The van der Waals surface area contributed by atoms with Gasteiger partial charge in [0.2, 0.25) is 0 Å². The van der Waals surface area contributed by atoms with Crippen LogP contribution in [0.1, 0.15) is 25.3 Å². The van der Waals surface area contributed by atoms with E-state index in [1.54, 1.807) is 6.08 Å². The van der Waals surface area contributed by atoms with Gasteiger partial charge in [0.05, 0.1) is 5.60 Å². The number of aliphatic hydroxyl groups is 1. The van der Waals surface area contributed by atoms with Crippen LogP contribution in [-0.4, -0.2) is 5.11 Å². The minimum absolute atomic E-state index is 0.00986. The second-order valence-corrected chi connectivity index (χ2v) is 3.70. The summed E-state index contributed by atoms with van der Waals surface area (Å²) in [6, 6.07) is 3.81. The first kappa shape index (κ1) is 11.9. The van der Waals surface area contributed by atoms with E-state index < -0.39 is 17.2 Å². The van der Waals surface area contributed by atoms with Crippen molar-refractivity contribution >= 4 is 0 Å². The molecule has 1 atom stereocenters. The summed E-state index contributed by atoms with van der Waals surface area (Å²) in [5, 5.41) is 9.97. The summed E-state index contributed by atoms with van der Waals surface area (Å²) in [6.07, 6.45) is 2.49. The van der Waals surface area contributed by atoms with E-state index in [-0.39, 0.29) is 5.56 Å². The van der Waals surface area contributed by atoms with Crippen LogP contribution in [0.2, 0.25) is 0 Å². The van der Waals surface area contributed by atoms with E-state index in [2.05, 4.69) is 6.58 Å². The van der Waals surface area contributed by atoms with Crippen LogP contribution in [0.5, 0.6) is 0 Å². The predicted octanol–water partition coefficient (Wildman–Crippen LogP) is 3.14. The average Bonchev–Trinajstić information content (AvgIpc) is 2.19. The number of allylic oxidation sites excluding steroid dienone is 1. The number of hydrogen-bond acceptors (Lipinski definition) is 1. The smallest absolute Gasteiger partial charge is 0.164 e. The molecule has 0 spiro atoms. The van der Waals surface area contributed by atoms with E-state index >= 15 is 0 Å². The van der Waals surface area contributed by atoms with Gasteiger partial charge in [0.1, 0.15) is 0 Å². The Morgan fingerprint density at radius 3 is 2.73 bits per heavy atom. The fraction of sp³-hybridized carbons (Fsp3) is 0.333. The topological polar surface area (TPSA) is 20.2 Å². The molecule has 0 saturated carbocycles. The minimum Gasteiger partial charge on any atom is -0.385 e. The summed E-state index contributed by atoms with van der Waals surface area (Å²) in [5.41, 5.74) is -1.37. The second kappa shape index (κ2) is 4.53. The Labute approximate surface area is 88.1 Å². The predicted molar refractivity (Wildman–Crippen MR) is 55.4 cm³/mol. The summed E-state index contributed by atoms with van der Waals surface area (Å²) >= 11 is 0. The normalized spacial score (nSPS) is 14.7. The molecule has 0 fully saturated rings. The summed E-state index contributed by atoms with van der Waals surface area (Å²) in [6.45, 7) is 4.99. The molecule has 1 aromatic rings. The van der Waals surface area contributed by atoms with Gasteiger partial charge in [-0.3, -0.25) is 0 Å². The first-order valence-electron chi connectivity index (χ1n) is 4.77. The maximum atomic E-state index is 13.4. The van der Waals surface area contributed by atoms with Crippen LogP contribution in [0.25, 0.3) is 0 Å². The lowest BCUT2D eigenvalue weighted by Gasteiger charge is -2.23. The van der Waals surface area contributed by atoms with Crippen molar-refractivity contribution in [3.05, 3.63) is 48.1 Å². The number of benzene rings is 1. The first-order valence-corrected chi connectivity index (χ1v) is 4.77. The molecule has 0 heterocycles. The van der Waals surface area contributed by atoms with Crippen LogP contribution in [0.3, 0.4) is 0 Å². The zero-order valence-corrected chi connectivity index (χ0v) is 8.63. The average molecular weight is 212 g/mol. The van der Waals surface area contributed by atoms with Crippen LogP contribution in [0.4, 0.5) is 8.78 Å². The molecule has 82 valence electrons. The molecule has 15 heavy (non-hydrogen) atoms. The Balaban J connectivity index is 3.03. The number of hydrogen-bond donors (Lipinski definition) is 1. The van der Waals surface area contributed by atoms with Crippen molar-refractivity contribution in [1.29, 1.82) is 0 Å². The molecule has 1 aromatic carbocycles. The van der Waals surface area contributed by atoms with Gasteiger partial charge in [-0.15, -0.1) is 6.58 Å². The summed E-state index contributed by atoms with van der Waals surface area (Å²) in [4.78, 5) is 0. The van der Waals surface area contributed by atoms with E-state index in [0.29, 0.717) is 12.8 Å². The molecular formula is C12H14F2O. The van der Waals surface area contributed by atoms with Gasteiger partial charge >= 0.3 is 0 Å². The molecule has 0 aliphatic rings.